The minimum absolute atomic E-state index is 0.0130. The normalized spacial score (nSPS) is 22.7. The summed E-state index contributed by atoms with van der Waals surface area (Å²) in [6, 6.07) is 3.46. The molecule has 0 bridgehead atoms. The van der Waals surface area contributed by atoms with Gasteiger partial charge in [-0.15, -0.1) is 5.10 Å². The van der Waals surface area contributed by atoms with Gasteiger partial charge in [0.2, 0.25) is 5.95 Å². The van der Waals surface area contributed by atoms with Crippen LogP contribution in [0, 0.1) is 6.92 Å². The predicted octanol–water partition coefficient (Wildman–Crippen LogP) is 0.827. The average molecular weight is 381 g/mol. The van der Waals surface area contributed by atoms with Crippen molar-refractivity contribution in [2.75, 3.05) is 26.2 Å². The van der Waals surface area contributed by atoms with E-state index in [-0.39, 0.29) is 23.0 Å². The Morgan fingerprint density at radius 3 is 3.00 bits per heavy atom. The second-order valence-corrected chi connectivity index (χ2v) is 7.99. The van der Waals surface area contributed by atoms with Gasteiger partial charge in [0.15, 0.2) is 0 Å². The average Bonchev–Trinajstić information content (AvgIpc) is 3.37. The van der Waals surface area contributed by atoms with Gasteiger partial charge < -0.3 is 4.90 Å². The summed E-state index contributed by atoms with van der Waals surface area (Å²) < 4.78 is 3.03. The number of piperazine rings is 1. The Kier molecular flexibility index (Phi) is 3.70. The molecule has 3 aromatic rings. The standard InChI is InChI=1S/C19H23N7O2/c1-13-14(17(28)23-9-10-24-7-4-6-19(24,2)12-23)11-20-26(13)18-21-16(27)15-5-3-8-25(15)22-18/h3,5,8,11H,4,6-7,9-10,12H2,1-2H3,(H,21,22,27)/t19-/m0/s1. The minimum atomic E-state index is -0.247. The summed E-state index contributed by atoms with van der Waals surface area (Å²) in [4.78, 5) is 32.6. The molecule has 9 nitrogen and oxygen atoms in total. The molecular weight excluding hydrogens is 358 g/mol. The smallest absolute Gasteiger partial charge is 0.276 e. The molecule has 146 valence electrons. The second-order valence-electron chi connectivity index (χ2n) is 7.99. The van der Waals surface area contributed by atoms with Crippen LogP contribution in [-0.2, 0) is 0 Å². The number of nitrogens with one attached hydrogen (secondary N) is 1. The van der Waals surface area contributed by atoms with E-state index in [4.69, 9.17) is 0 Å². The molecule has 0 spiro atoms. The van der Waals surface area contributed by atoms with Crippen LogP contribution < -0.4 is 5.56 Å². The Morgan fingerprint density at radius 2 is 2.14 bits per heavy atom. The molecule has 9 heteroatoms. The highest BCUT2D eigenvalue weighted by Crippen LogP contribution is 2.33. The van der Waals surface area contributed by atoms with E-state index in [1.54, 1.807) is 24.5 Å². The van der Waals surface area contributed by atoms with E-state index in [0.717, 1.165) is 32.6 Å². The van der Waals surface area contributed by atoms with Crippen LogP contribution >= 0.6 is 0 Å². The summed E-state index contributed by atoms with van der Waals surface area (Å²) in [7, 11) is 0. The number of aromatic amines is 1. The van der Waals surface area contributed by atoms with E-state index in [1.165, 1.54) is 15.6 Å². The van der Waals surface area contributed by atoms with Crippen molar-refractivity contribution in [1.29, 1.82) is 0 Å². The van der Waals surface area contributed by atoms with Crippen LogP contribution in [-0.4, -0.2) is 71.8 Å². The molecule has 0 radical (unpaired) electrons. The monoisotopic (exact) mass is 381 g/mol. The third kappa shape index (κ3) is 2.50. The number of hydrogen-bond donors (Lipinski definition) is 1. The van der Waals surface area contributed by atoms with E-state index in [1.807, 2.05) is 11.8 Å². The summed E-state index contributed by atoms with van der Waals surface area (Å²) in [5.74, 6) is 0.277. The molecule has 2 fully saturated rings. The van der Waals surface area contributed by atoms with Gasteiger partial charge in [-0.1, -0.05) is 0 Å². The van der Waals surface area contributed by atoms with E-state index in [2.05, 4.69) is 27.0 Å². The van der Waals surface area contributed by atoms with Crippen molar-refractivity contribution in [1.82, 2.24) is 34.2 Å². The van der Waals surface area contributed by atoms with Gasteiger partial charge in [-0.3, -0.25) is 19.5 Å². The maximum Gasteiger partial charge on any atom is 0.276 e. The number of carbonyl (C=O) groups is 1. The SMILES string of the molecule is Cc1c(C(=O)N2CCN3CCC[C@@]3(C)C2)cnn1-c1nn2cccc2c(=O)[nH]1. The number of rotatable bonds is 2. The summed E-state index contributed by atoms with van der Waals surface area (Å²) in [5, 5.41) is 8.73. The quantitative estimate of drug-likeness (QED) is 0.710. The molecule has 5 heterocycles. The molecule has 1 atom stereocenters. The van der Waals surface area contributed by atoms with Gasteiger partial charge in [-0.2, -0.15) is 5.10 Å². The highest BCUT2D eigenvalue weighted by molar-refractivity contribution is 5.95. The molecule has 28 heavy (non-hydrogen) atoms. The molecule has 0 unspecified atom stereocenters. The zero-order valence-electron chi connectivity index (χ0n) is 16.1. The zero-order chi connectivity index (χ0) is 19.5. The fourth-order valence-corrected chi connectivity index (χ4v) is 4.58. The van der Waals surface area contributed by atoms with Crippen LogP contribution in [0.3, 0.4) is 0 Å². The lowest BCUT2D eigenvalue weighted by molar-refractivity contribution is 0.0310. The number of nitrogens with zero attached hydrogens (tertiary/aromatic N) is 6. The topological polar surface area (TPSA) is 91.5 Å². The third-order valence-electron chi connectivity index (χ3n) is 6.19. The number of amides is 1. The lowest BCUT2D eigenvalue weighted by atomic mass is 9.95. The first-order chi connectivity index (χ1) is 13.5. The van der Waals surface area contributed by atoms with Gasteiger partial charge in [0.25, 0.3) is 11.5 Å². The van der Waals surface area contributed by atoms with Gasteiger partial charge >= 0.3 is 0 Å². The fraction of sp³-hybridized carbons (Fsp3) is 0.474. The fourth-order valence-electron chi connectivity index (χ4n) is 4.58. The predicted molar refractivity (Wildman–Crippen MR) is 103 cm³/mol. The molecule has 0 saturated carbocycles. The van der Waals surface area contributed by atoms with Gasteiger partial charge in [-0.05, 0) is 45.4 Å². The number of carbonyl (C=O) groups excluding carboxylic acids is 1. The van der Waals surface area contributed by atoms with Crippen molar-refractivity contribution >= 4 is 11.4 Å². The lowest BCUT2D eigenvalue weighted by Crippen LogP contribution is -2.58. The first-order valence-electron chi connectivity index (χ1n) is 9.63. The molecule has 2 saturated heterocycles. The maximum atomic E-state index is 13.2. The van der Waals surface area contributed by atoms with E-state index in [0.29, 0.717) is 16.8 Å². The van der Waals surface area contributed by atoms with Crippen LogP contribution in [0.25, 0.3) is 11.5 Å². The van der Waals surface area contributed by atoms with Crippen molar-refractivity contribution in [3.8, 4) is 5.95 Å². The van der Waals surface area contributed by atoms with E-state index >= 15 is 0 Å². The Balaban J connectivity index is 1.46. The molecule has 0 aromatic carbocycles. The Labute approximate surface area is 161 Å². The summed E-state index contributed by atoms with van der Waals surface area (Å²) in [6.07, 6.45) is 5.59. The number of H-pyrrole nitrogens is 1. The summed E-state index contributed by atoms with van der Waals surface area (Å²) >= 11 is 0. The van der Waals surface area contributed by atoms with Crippen LogP contribution in [0.2, 0.25) is 0 Å². The van der Waals surface area contributed by atoms with Crippen LogP contribution in [0.1, 0.15) is 35.8 Å². The molecule has 1 amide bonds. The van der Waals surface area contributed by atoms with Gasteiger partial charge in [0, 0.05) is 31.4 Å². The Morgan fingerprint density at radius 1 is 1.29 bits per heavy atom. The molecule has 2 aliphatic rings. The zero-order valence-corrected chi connectivity index (χ0v) is 16.1. The number of fused-ring (bicyclic) bond motifs is 2. The van der Waals surface area contributed by atoms with Gasteiger partial charge in [0.1, 0.15) is 5.52 Å². The van der Waals surface area contributed by atoms with Crippen LogP contribution in [0.4, 0.5) is 0 Å². The maximum absolute atomic E-state index is 13.2. The molecule has 0 aliphatic carbocycles. The largest absolute Gasteiger partial charge is 0.335 e. The van der Waals surface area contributed by atoms with Crippen molar-refractivity contribution in [2.45, 2.75) is 32.2 Å². The van der Waals surface area contributed by atoms with Crippen LogP contribution in [0.15, 0.2) is 29.3 Å². The molecule has 1 N–H and O–H groups in total. The lowest BCUT2D eigenvalue weighted by Gasteiger charge is -2.45. The Hall–Kier alpha value is -2.94. The van der Waals surface area contributed by atoms with Crippen molar-refractivity contribution < 1.29 is 4.79 Å². The first-order valence-corrected chi connectivity index (χ1v) is 9.63. The first kappa shape index (κ1) is 17.2. The molecule has 3 aromatic heterocycles. The Bertz CT molecular complexity index is 1130. The van der Waals surface area contributed by atoms with Gasteiger partial charge in [0.05, 0.1) is 17.5 Å². The van der Waals surface area contributed by atoms with E-state index < -0.39 is 0 Å². The highest BCUT2D eigenvalue weighted by Gasteiger charge is 2.42. The summed E-state index contributed by atoms with van der Waals surface area (Å²) in [5.41, 5.74) is 1.50. The highest BCUT2D eigenvalue weighted by atomic mass is 16.2. The third-order valence-corrected chi connectivity index (χ3v) is 6.19. The molecule has 5 rings (SSSR count). The molecule has 2 aliphatic heterocycles. The number of aromatic nitrogens is 5. The van der Waals surface area contributed by atoms with Gasteiger partial charge in [-0.25, -0.2) is 9.20 Å². The van der Waals surface area contributed by atoms with Crippen molar-refractivity contribution in [3.63, 3.8) is 0 Å². The summed E-state index contributed by atoms with van der Waals surface area (Å²) in [6.45, 7) is 7.57. The molecular formula is C19H23N7O2. The second kappa shape index (κ2) is 6.03. The van der Waals surface area contributed by atoms with E-state index in [9.17, 15) is 9.59 Å². The minimum Gasteiger partial charge on any atom is -0.335 e. The number of hydrogen-bond acceptors (Lipinski definition) is 5. The van der Waals surface area contributed by atoms with Crippen LogP contribution in [0.5, 0.6) is 0 Å². The van der Waals surface area contributed by atoms with Crippen molar-refractivity contribution in [2.24, 2.45) is 0 Å². The van der Waals surface area contributed by atoms with Crippen molar-refractivity contribution in [3.05, 3.63) is 46.1 Å².